The lowest BCUT2D eigenvalue weighted by molar-refractivity contribution is -0.139. The molecule has 1 aromatic rings. The number of carbonyl (C=O) groups excluding carboxylic acids is 2. The normalized spacial score (nSPS) is 16.4. The van der Waals surface area contributed by atoms with Crippen LogP contribution in [0.2, 0.25) is 5.02 Å². The van der Waals surface area contributed by atoms with E-state index in [9.17, 15) is 9.59 Å². The number of nitrogens with zero attached hydrogens (tertiary/aromatic N) is 1. The van der Waals surface area contributed by atoms with E-state index in [4.69, 9.17) is 21.1 Å². The highest BCUT2D eigenvalue weighted by molar-refractivity contribution is 6.35. The van der Waals surface area contributed by atoms with E-state index in [1.54, 1.807) is 12.1 Å². The minimum atomic E-state index is -0.799. The van der Waals surface area contributed by atoms with Crippen LogP contribution in [-0.2, 0) is 9.59 Å². The van der Waals surface area contributed by atoms with E-state index in [0.717, 1.165) is 12.8 Å². The number of nitrogens with one attached hydrogen (secondary N) is 2. The molecule has 1 aliphatic carbocycles. The summed E-state index contributed by atoms with van der Waals surface area (Å²) in [7, 11) is 0. The van der Waals surface area contributed by atoms with Gasteiger partial charge in [-0.3, -0.25) is 9.59 Å². The first-order valence-electron chi connectivity index (χ1n) is 6.86. The summed E-state index contributed by atoms with van der Waals surface area (Å²) in [6.07, 6.45) is 3.21. The van der Waals surface area contributed by atoms with Gasteiger partial charge in [0.15, 0.2) is 11.5 Å². The molecule has 22 heavy (non-hydrogen) atoms. The molecule has 2 N–H and O–H groups in total. The van der Waals surface area contributed by atoms with Crippen molar-refractivity contribution in [3.63, 3.8) is 0 Å². The van der Waals surface area contributed by atoms with Crippen molar-refractivity contribution in [1.29, 1.82) is 0 Å². The minimum Gasteiger partial charge on any atom is -0.486 e. The van der Waals surface area contributed by atoms with Gasteiger partial charge in [-0.15, -0.1) is 0 Å². The van der Waals surface area contributed by atoms with Gasteiger partial charge in [-0.2, -0.15) is 5.10 Å². The van der Waals surface area contributed by atoms with Crippen LogP contribution < -0.4 is 20.2 Å². The van der Waals surface area contributed by atoms with Crippen LogP contribution in [-0.4, -0.2) is 37.3 Å². The van der Waals surface area contributed by atoms with Gasteiger partial charge in [0.05, 0.1) is 11.2 Å². The van der Waals surface area contributed by atoms with E-state index in [1.807, 2.05) is 0 Å². The number of rotatable bonds is 3. The zero-order valence-corrected chi connectivity index (χ0v) is 12.4. The fraction of sp³-hybridized carbons (Fsp3) is 0.357. The second-order valence-electron chi connectivity index (χ2n) is 4.97. The number of fused-ring (bicyclic) bond motifs is 1. The Hall–Kier alpha value is -2.28. The van der Waals surface area contributed by atoms with Crippen LogP contribution in [0.5, 0.6) is 11.5 Å². The molecule has 0 unspecified atom stereocenters. The monoisotopic (exact) mass is 323 g/mol. The number of hydrazone groups is 1. The van der Waals surface area contributed by atoms with Crippen LogP contribution in [0.15, 0.2) is 17.2 Å². The summed E-state index contributed by atoms with van der Waals surface area (Å²) < 4.78 is 10.8. The number of hydrogen-bond acceptors (Lipinski definition) is 5. The lowest BCUT2D eigenvalue weighted by atomic mass is 10.2. The molecule has 0 radical (unpaired) electrons. The molecule has 8 heteroatoms. The standard InChI is InChI=1S/C14H14ClN3O4/c15-10-5-8(6-11-12(10)22-4-3-21-11)7-16-18-14(20)13(19)17-9-1-2-9/h5-7,9H,1-4H2,(H,17,19)(H,18,20)/b16-7-. The molecule has 0 aromatic heterocycles. The van der Waals surface area contributed by atoms with Gasteiger partial charge >= 0.3 is 11.8 Å². The molecule has 2 aliphatic rings. The Morgan fingerprint density at radius 2 is 2.00 bits per heavy atom. The third kappa shape index (κ3) is 3.48. The molecular weight excluding hydrogens is 310 g/mol. The smallest absolute Gasteiger partial charge is 0.329 e. The van der Waals surface area contributed by atoms with E-state index >= 15 is 0 Å². The van der Waals surface area contributed by atoms with Crippen molar-refractivity contribution >= 4 is 29.6 Å². The van der Waals surface area contributed by atoms with Crippen LogP contribution in [0.25, 0.3) is 0 Å². The van der Waals surface area contributed by atoms with Crippen molar-refractivity contribution in [2.24, 2.45) is 5.10 Å². The minimum absolute atomic E-state index is 0.124. The first-order valence-corrected chi connectivity index (χ1v) is 7.24. The molecular formula is C14H14ClN3O4. The fourth-order valence-corrected chi connectivity index (χ4v) is 2.17. The average molecular weight is 324 g/mol. The molecule has 0 spiro atoms. The summed E-state index contributed by atoms with van der Waals surface area (Å²) in [6, 6.07) is 3.45. The van der Waals surface area contributed by atoms with E-state index in [0.29, 0.717) is 35.3 Å². The summed E-state index contributed by atoms with van der Waals surface area (Å²) in [4.78, 5) is 22.9. The molecule has 0 saturated heterocycles. The van der Waals surface area contributed by atoms with Crippen LogP contribution >= 0.6 is 11.6 Å². The highest BCUT2D eigenvalue weighted by Gasteiger charge is 2.26. The van der Waals surface area contributed by atoms with Crippen molar-refractivity contribution in [3.05, 3.63) is 22.7 Å². The predicted molar refractivity (Wildman–Crippen MR) is 79.3 cm³/mol. The van der Waals surface area contributed by atoms with Gasteiger partial charge in [0.25, 0.3) is 0 Å². The third-order valence-corrected chi connectivity index (χ3v) is 3.40. The maximum atomic E-state index is 11.5. The van der Waals surface area contributed by atoms with Crippen molar-refractivity contribution in [1.82, 2.24) is 10.7 Å². The number of hydrogen-bond donors (Lipinski definition) is 2. The zero-order chi connectivity index (χ0) is 15.5. The van der Waals surface area contributed by atoms with Crippen molar-refractivity contribution in [3.8, 4) is 11.5 Å². The molecule has 0 bridgehead atoms. The first kappa shape index (κ1) is 14.6. The predicted octanol–water partition coefficient (Wildman–Crippen LogP) is 0.840. The van der Waals surface area contributed by atoms with Crippen molar-refractivity contribution < 1.29 is 19.1 Å². The second-order valence-corrected chi connectivity index (χ2v) is 5.38. The molecule has 116 valence electrons. The van der Waals surface area contributed by atoms with E-state index in [-0.39, 0.29) is 6.04 Å². The van der Waals surface area contributed by atoms with Gasteiger partial charge in [0.1, 0.15) is 13.2 Å². The van der Waals surface area contributed by atoms with Crippen LogP contribution in [0.3, 0.4) is 0 Å². The summed E-state index contributed by atoms with van der Waals surface area (Å²) in [5.74, 6) is -0.456. The molecule has 0 atom stereocenters. The highest BCUT2D eigenvalue weighted by Crippen LogP contribution is 2.37. The Bertz CT molecular complexity index is 643. The Morgan fingerprint density at radius 1 is 1.23 bits per heavy atom. The Kier molecular flexibility index (Phi) is 4.15. The first-order chi connectivity index (χ1) is 10.6. The summed E-state index contributed by atoms with van der Waals surface area (Å²) in [5, 5.41) is 6.71. The number of ether oxygens (including phenoxy) is 2. The van der Waals surface area contributed by atoms with E-state index in [1.165, 1.54) is 6.21 Å². The maximum Gasteiger partial charge on any atom is 0.329 e. The topological polar surface area (TPSA) is 89.0 Å². The molecule has 1 heterocycles. The lowest BCUT2D eigenvalue weighted by Gasteiger charge is -2.19. The molecule has 1 aromatic carbocycles. The van der Waals surface area contributed by atoms with Crippen LogP contribution in [0.4, 0.5) is 0 Å². The largest absolute Gasteiger partial charge is 0.486 e. The molecule has 7 nitrogen and oxygen atoms in total. The quantitative estimate of drug-likeness (QED) is 0.490. The summed E-state index contributed by atoms with van der Waals surface area (Å²) >= 11 is 6.09. The third-order valence-electron chi connectivity index (χ3n) is 3.12. The zero-order valence-electron chi connectivity index (χ0n) is 11.6. The number of halogens is 1. The average Bonchev–Trinajstić information content (AvgIpc) is 3.31. The summed E-state index contributed by atoms with van der Waals surface area (Å²) in [5.41, 5.74) is 2.79. The molecule has 3 rings (SSSR count). The Balaban J connectivity index is 1.61. The van der Waals surface area contributed by atoms with Crippen LogP contribution in [0.1, 0.15) is 18.4 Å². The van der Waals surface area contributed by atoms with Gasteiger partial charge in [-0.05, 0) is 30.5 Å². The van der Waals surface area contributed by atoms with Crippen molar-refractivity contribution in [2.45, 2.75) is 18.9 Å². The molecule has 2 amide bonds. The SMILES string of the molecule is O=C(N/N=C\c1cc(Cl)c2c(c1)OCCO2)C(=O)NC1CC1. The molecule has 1 saturated carbocycles. The van der Waals surface area contributed by atoms with Gasteiger partial charge in [-0.25, -0.2) is 5.43 Å². The number of carbonyl (C=O) groups is 2. The van der Waals surface area contributed by atoms with E-state index < -0.39 is 11.8 Å². The Morgan fingerprint density at radius 3 is 2.77 bits per heavy atom. The van der Waals surface area contributed by atoms with E-state index in [2.05, 4.69) is 15.8 Å². The van der Waals surface area contributed by atoms with Crippen molar-refractivity contribution in [2.75, 3.05) is 13.2 Å². The lowest BCUT2D eigenvalue weighted by Crippen LogP contribution is -2.38. The highest BCUT2D eigenvalue weighted by atomic mass is 35.5. The van der Waals surface area contributed by atoms with Gasteiger partial charge in [0, 0.05) is 6.04 Å². The van der Waals surface area contributed by atoms with Gasteiger partial charge in [-0.1, -0.05) is 11.6 Å². The number of benzene rings is 1. The summed E-state index contributed by atoms with van der Waals surface area (Å²) in [6.45, 7) is 0.897. The molecule has 1 fully saturated rings. The second kappa shape index (κ2) is 6.23. The van der Waals surface area contributed by atoms with Gasteiger partial charge in [0.2, 0.25) is 0 Å². The molecule has 1 aliphatic heterocycles. The fourth-order valence-electron chi connectivity index (χ4n) is 1.90. The number of amides is 2. The van der Waals surface area contributed by atoms with Gasteiger partial charge < -0.3 is 14.8 Å². The van der Waals surface area contributed by atoms with Crippen LogP contribution in [0, 0.1) is 0 Å². The maximum absolute atomic E-state index is 11.5. The Labute approximate surface area is 131 Å².